The van der Waals surface area contributed by atoms with E-state index in [-0.39, 0.29) is 6.03 Å². The predicted octanol–water partition coefficient (Wildman–Crippen LogP) is 4.94. The molecule has 3 aromatic carbocycles. The summed E-state index contributed by atoms with van der Waals surface area (Å²) >= 11 is 0. The summed E-state index contributed by atoms with van der Waals surface area (Å²) in [7, 11) is 0. The van der Waals surface area contributed by atoms with E-state index in [0.29, 0.717) is 17.3 Å². The molecule has 0 aliphatic heterocycles. The van der Waals surface area contributed by atoms with Crippen molar-refractivity contribution in [2.75, 3.05) is 10.6 Å². The Morgan fingerprint density at radius 1 is 0.692 bits per heavy atom. The maximum Gasteiger partial charge on any atom is 0.324 e. The summed E-state index contributed by atoms with van der Waals surface area (Å²) in [5.41, 5.74) is 2.38. The molecule has 0 fully saturated rings. The number of hydrogen-bond donors (Lipinski definition) is 2. The number of benzene rings is 3. The first kappa shape index (κ1) is 15.8. The maximum atomic E-state index is 12.4. The molecule has 26 heavy (non-hydrogen) atoms. The zero-order chi connectivity index (χ0) is 17.8. The summed E-state index contributed by atoms with van der Waals surface area (Å²) in [5.74, 6) is 1.04. The van der Waals surface area contributed by atoms with Gasteiger partial charge in [-0.05, 0) is 24.3 Å². The fraction of sp³-hybridized carbons (Fsp3) is 0. The second-order valence-electron chi connectivity index (χ2n) is 5.72. The van der Waals surface area contributed by atoms with Crippen LogP contribution >= 0.6 is 0 Å². The molecule has 5 heteroatoms. The van der Waals surface area contributed by atoms with Crippen LogP contribution in [0.5, 0.6) is 0 Å². The number of rotatable bonds is 3. The number of fused-ring (bicyclic) bond motifs is 1. The number of urea groups is 1. The van der Waals surface area contributed by atoms with Crippen LogP contribution in [0.2, 0.25) is 0 Å². The molecule has 0 aliphatic carbocycles. The molecule has 4 aromatic rings. The fourth-order valence-electron chi connectivity index (χ4n) is 2.68. The lowest BCUT2D eigenvalue weighted by Crippen LogP contribution is -2.20. The third-order valence-electron chi connectivity index (χ3n) is 3.90. The number of carbonyl (C=O) groups is 1. The van der Waals surface area contributed by atoms with Gasteiger partial charge in [0.2, 0.25) is 0 Å². The van der Waals surface area contributed by atoms with Crippen molar-refractivity contribution >= 4 is 28.4 Å². The monoisotopic (exact) mass is 340 g/mol. The van der Waals surface area contributed by atoms with E-state index in [0.717, 1.165) is 16.5 Å². The van der Waals surface area contributed by atoms with E-state index in [2.05, 4.69) is 20.6 Å². The SMILES string of the molecule is O=C(Nc1ccccc1)Nc1nc(-c2ccccc2)nc2ccccc12. The molecule has 2 amide bonds. The first-order chi connectivity index (χ1) is 12.8. The van der Waals surface area contributed by atoms with Crippen LogP contribution in [0.25, 0.3) is 22.3 Å². The summed E-state index contributed by atoms with van der Waals surface area (Å²) < 4.78 is 0. The molecule has 126 valence electrons. The van der Waals surface area contributed by atoms with Crippen LogP contribution < -0.4 is 10.6 Å². The molecule has 0 aliphatic rings. The number of hydrogen-bond acceptors (Lipinski definition) is 3. The molecular formula is C21H16N4O. The molecule has 0 saturated carbocycles. The Morgan fingerprint density at radius 3 is 2.12 bits per heavy atom. The largest absolute Gasteiger partial charge is 0.324 e. The van der Waals surface area contributed by atoms with Crippen LogP contribution in [0.15, 0.2) is 84.9 Å². The Bertz CT molecular complexity index is 1050. The number of aromatic nitrogens is 2. The minimum atomic E-state index is -0.348. The van der Waals surface area contributed by atoms with Gasteiger partial charge in [0.25, 0.3) is 0 Å². The lowest BCUT2D eigenvalue weighted by Gasteiger charge is -2.11. The van der Waals surface area contributed by atoms with Crippen molar-refractivity contribution < 1.29 is 4.79 Å². The molecule has 0 atom stereocenters. The topological polar surface area (TPSA) is 66.9 Å². The van der Waals surface area contributed by atoms with E-state index in [4.69, 9.17) is 0 Å². The van der Waals surface area contributed by atoms with Crippen molar-refractivity contribution in [3.05, 3.63) is 84.9 Å². The van der Waals surface area contributed by atoms with Gasteiger partial charge in [-0.25, -0.2) is 14.8 Å². The lowest BCUT2D eigenvalue weighted by atomic mass is 10.2. The first-order valence-corrected chi connectivity index (χ1v) is 8.25. The van der Waals surface area contributed by atoms with E-state index in [1.807, 2.05) is 84.9 Å². The Morgan fingerprint density at radius 2 is 1.35 bits per heavy atom. The average Bonchev–Trinajstić information content (AvgIpc) is 2.69. The molecule has 0 unspecified atom stereocenters. The molecule has 1 heterocycles. The van der Waals surface area contributed by atoms with Crippen molar-refractivity contribution in [3.63, 3.8) is 0 Å². The van der Waals surface area contributed by atoms with E-state index in [1.165, 1.54) is 0 Å². The predicted molar refractivity (Wildman–Crippen MR) is 104 cm³/mol. The van der Waals surface area contributed by atoms with Crippen LogP contribution in [-0.4, -0.2) is 16.0 Å². The molecule has 0 spiro atoms. The fourth-order valence-corrected chi connectivity index (χ4v) is 2.68. The van der Waals surface area contributed by atoms with E-state index >= 15 is 0 Å². The van der Waals surface area contributed by atoms with Gasteiger partial charge in [-0.1, -0.05) is 60.7 Å². The summed E-state index contributed by atoms with van der Waals surface area (Å²) in [6.45, 7) is 0. The first-order valence-electron chi connectivity index (χ1n) is 8.25. The van der Waals surface area contributed by atoms with Gasteiger partial charge < -0.3 is 5.32 Å². The number of carbonyl (C=O) groups excluding carboxylic acids is 1. The molecule has 1 aromatic heterocycles. The zero-order valence-corrected chi connectivity index (χ0v) is 13.9. The highest BCUT2D eigenvalue weighted by molar-refractivity contribution is 6.04. The third kappa shape index (κ3) is 3.37. The van der Waals surface area contributed by atoms with Crippen LogP contribution in [0.3, 0.4) is 0 Å². The van der Waals surface area contributed by atoms with Crippen molar-refractivity contribution in [2.24, 2.45) is 0 Å². The summed E-state index contributed by atoms with van der Waals surface area (Å²) in [6.07, 6.45) is 0. The average molecular weight is 340 g/mol. The van der Waals surface area contributed by atoms with E-state index in [1.54, 1.807) is 0 Å². The van der Waals surface area contributed by atoms with Gasteiger partial charge in [0.05, 0.1) is 5.52 Å². The van der Waals surface area contributed by atoms with E-state index < -0.39 is 0 Å². The van der Waals surface area contributed by atoms with Gasteiger partial charge >= 0.3 is 6.03 Å². The maximum absolute atomic E-state index is 12.4. The number of para-hydroxylation sites is 2. The van der Waals surface area contributed by atoms with Crippen molar-refractivity contribution in [2.45, 2.75) is 0 Å². The lowest BCUT2D eigenvalue weighted by molar-refractivity contribution is 0.262. The van der Waals surface area contributed by atoms with Crippen LogP contribution in [0.1, 0.15) is 0 Å². The number of nitrogens with zero attached hydrogens (tertiary/aromatic N) is 2. The van der Waals surface area contributed by atoms with Gasteiger partial charge in [0.1, 0.15) is 5.82 Å². The smallest absolute Gasteiger partial charge is 0.308 e. The van der Waals surface area contributed by atoms with Crippen molar-refractivity contribution in [3.8, 4) is 11.4 Å². The minimum Gasteiger partial charge on any atom is -0.308 e. The van der Waals surface area contributed by atoms with Gasteiger partial charge in [0, 0.05) is 16.6 Å². The molecule has 2 N–H and O–H groups in total. The van der Waals surface area contributed by atoms with Crippen LogP contribution in [-0.2, 0) is 0 Å². The van der Waals surface area contributed by atoms with Gasteiger partial charge in [-0.15, -0.1) is 0 Å². The number of amides is 2. The number of anilines is 2. The minimum absolute atomic E-state index is 0.348. The van der Waals surface area contributed by atoms with E-state index in [9.17, 15) is 4.79 Å². The molecule has 4 rings (SSSR count). The number of nitrogens with one attached hydrogen (secondary N) is 2. The normalized spacial score (nSPS) is 10.5. The Kier molecular flexibility index (Phi) is 4.26. The molecule has 0 radical (unpaired) electrons. The third-order valence-corrected chi connectivity index (χ3v) is 3.90. The van der Waals surface area contributed by atoms with Crippen molar-refractivity contribution in [1.82, 2.24) is 9.97 Å². The molecule has 0 saturated heterocycles. The highest BCUT2D eigenvalue weighted by Crippen LogP contribution is 2.24. The highest BCUT2D eigenvalue weighted by atomic mass is 16.2. The van der Waals surface area contributed by atoms with Gasteiger partial charge in [-0.3, -0.25) is 5.32 Å². The highest BCUT2D eigenvalue weighted by Gasteiger charge is 2.11. The zero-order valence-electron chi connectivity index (χ0n) is 13.9. The van der Waals surface area contributed by atoms with Crippen LogP contribution in [0.4, 0.5) is 16.3 Å². The van der Waals surface area contributed by atoms with Crippen LogP contribution in [0, 0.1) is 0 Å². The Labute approximate surface area is 150 Å². The Balaban J connectivity index is 1.70. The summed E-state index contributed by atoms with van der Waals surface area (Å²) in [5, 5.41) is 6.43. The standard InChI is InChI=1S/C21H16N4O/c26-21(22-16-11-5-2-6-12-16)25-20-17-13-7-8-14-18(17)23-19(24-20)15-9-3-1-4-10-15/h1-14H,(H2,22,23,24,25,26). The van der Waals surface area contributed by atoms with Crippen molar-refractivity contribution in [1.29, 1.82) is 0 Å². The second-order valence-corrected chi connectivity index (χ2v) is 5.72. The molecule has 5 nitrogen and oxygen atoms in total. The van der Waals surface area contributed by atoms with Gasteiger partial charge in [0.15, 0.2) is 5.82 Å². The summed E-state index contributed by atoms with van der Waals surface area (Å²) in [6, 6.07) is 26.2. The van der Waals surface area contributed by atoms with Gasteiger partial charge in [-0.2, -0.15) is 0 Å². The molecule has 0 bridgehead atoms. The quantitative estimate of drug-likeness (QED) is 0.555. The summed E-state index contributed by atoms with van der Waals surface area (Å²) in [4.78, 5) is 21.6. The Hall–Kier alpha value is -3.73. The molecular weight excluding hydrogens is 324 g/mol. The second kappa shape index (κ2) is 7.03.